The molecule has 0 bridgehead atoms. The fourth-order valence-corrected chi connectivity index (χ4v) is 3.55. The lowest BCUT2D eigenvalue weighted by atomic mass is 10.1. The number of unbranched alkanes of at least 4 members (excludes halogenated alkanes) is 2. The molecule has 4 nitrogen and oxygen atoms in total. The highest BCUT2D eigenvalue weighted by Crippen LogP contribution is 2.15. The van der Waals surface area contributed by atoms with Crippen LogP contribution in [-0.4, -0.2) is 35.5 Å². The van der Waals surface area contributed by atoms with Crippen molar-refractivity contribution in [1.29, 1.82) is 0 Å². The smallest absolute Gasteiger partial charge is 0.410 e. The molecule has 152 valence electrons. The average Bonchev–Trinajstić information content (AvgIpc) is 3.18. The molecule has 0 saturated heterocycles. The molecule has 0 N–H and O–H groups in total. The summed E-state index contributed by atoms with van der Waals surface area (Å²) in [5.41, 5.74) is 0.701. The molecule has 0 aliphatic heterocycles. The summed E-state index contributed by atoms with van der Waals surface area (Å²) in [4.78, 5) is 27.2. The first kappa shape index (κ1) is 22.2. The first-order valence-corrected chi connectivity index (χ1v) is 10.8. The molecule has 5 heteroatoms. The van der Waals surface area contributed by atoms with Crippen LogP contribution in [0.4, 0.5) is 4.79 Å². The molecule has 2 aromatic rings. The van der Waals surface area contributed by atoms with Crippen molar-refractivity contribution in [1.82, 2.24) is 4.90 Å². The van der Waals surface area contributed by atoms with Crippen molar-refractivity contribution in [3.8, 4) is 0 Å². The Bertz CT molecular complexity index is 720. The van der Waals surface area contributed by atoms with Gasteiger partial charge in [0.1, 0.15) is 5.60 Å². The number of carbonyl (C=O) groups excluding carboxylic acids is 2. The Kier molecular flexibility index (Phi) is 8.71. The van der Waals surface area contributed by atoms with Gasteiger partial charge in [0.05, 0.1) is 4.88 Å². The molecule has 1 heterocycles. The van der Waals surface area contributed by atoms with Crippen LogP contribution in [0.2, 0.25) is 0 Å². The summed E-state index contributed by atoms with van der Waals surface area (Å²) in [6, 6.07) is 13.9. The van der Waals surface area contributed by atoms with E-state index in [2.05, 4.69) is 12.1 Å². The summed E-state index contributed by atoms with van der Waals surface area (Å²) in [5, 5.41) is 1.93. The number of nitrogens with zero attached hydrogens (tertiary/aromatic N) is 1. The number of amides is 1. The van der Waals surface area contributed by atoms with Gasteiger partial charge in [-0.2, -0.15) is 0 Å². The summed E-state index contributed by atoms with van der Waals surface area (Å²) < 4.78 is 5.57. The molecule has 0 aliphatic rings. The number of carbonyl (C=O) groups is 2. The third-order valence-corrected chi connectivity index (χ3v) is 5.20. The van der Waals surface area contributed by atoms with Crippen molar-refractivity contribution in [3.63, 3.8) is 0 Å². The molecular weight excluding hydrogens is 370 g/mol. The van der Waals surface area contributed by atoms with Gasteiger partial charge in [0, 0.05) is 19.5 Å². The quantitative estimate of drug-likeness (QED) is 0.364. The third kappa shape index (κ3) is 8.26. The van der Waals surface area contributed by atoms with Gasteiger partial charge in [-0.15, -0.1) is 11.3 Å². The van der Waals surface area contributed by atoms with E-state index < -0.39 is 5.60 Å². The van der Waals surface area contributed by atoms with E-state index in [0.29, 0.717) is 19.5 Å². The minimum Gasteiger partial charge on any atom is -0.444 e. The Morgan fingerprint density at radius 3 is 2.36 bits per heavy atom. The van der Waals surface area contributed by atoms with E-state index in [1.807, 2.05) is 56.5 Å². The number of benzene rings is 1. The molecule has 0 aliphatic carbocycles. The van der Waals surface area contributed by atoms with Crippen LogP contribution in [0.1, 0.15) is 61.7 Å². The fraction of sp³-hybridized carbons (Fsp3) is 0.478. The maximum atomic E-state index is 12.6. The summed E-state index contributed by atoms with van der Waals surface area (Å²) in [7, 11) is 0. The van der Waals surface area contributed by atoms with E-state index in [9.17, 15) is 9.59 Å². The van der Waals surface area contributed by atoms with E-state index in [4.69, 9.17) is 4.74 Å². The third-order valence-electron chi connectivity index (χ3n) is 4.29. The van der Waals surface area contributed by atoms with E-state index in [1.54, 1.807) is 4.90 Å². The monoisotopic (exact) mass is 401 g/mol. The van der Waals surface area contributed by atoms with Crippen LogP contribution in [-0.2, 0) is 11.2 Å². The minimum absolute atomic E-state index is 0.211. The van der Waals surface area contributed by atoms with Gasteiger partial charge >= 0.3 is 6.09 Å². The molecule has 0 atom stereocenters. The maximum absolute atomic E-state index is 12.6. The topological polar surface area (TPSA) is 46.6 Å². The summed E-state index contributed by atoms with van der Waals surface area (Å²) in [6.07, 6.45) is 3.73. The second-order valence-corrected chi connectivity index (χ2v) is 8.86. The molecule has 0 spiro atoms. The molecular formula is C23H31NO3S. The van der Waals surface area contributed by atoms with Crippen LogP contribution in [0.5, 0.6) is 0 Å². The van der Waals surface area contributed by atoms with E-state index in [0.717, 1.165) is 30.6 Å². The van der Waals surface area contributed by atoms with Crippen LogP contribution >= 0.6 is 11.3 Å². The largest absolute Gasteiger partial charge is 0.444 e. The lowest BCUT2D eigenvalue weighted by molar-refractivity contribution is 0.0248. The van der Waals surface area contributed by atoms with Crippen LogP contribution in [0.15, 0.2) is 47.8 Å². The number of rotatable bonds is 10. The SMILES string of the molecule is CC(C)(C)OC(=O)N(CCCCCC(=O)c1cccs1)CCc1ccccc1. The number of Topliss-reactive ketones (excluding diaryl/α,β-unsaturated/α-hetero) is 1. The minimum atomic E-state index is -0.505. The van der Waals surface area contributed by atoms with Gasteiger partial charge in [0.15, 0.2) is 5.78 Å². The predicted molar refractivity (Wildman–Crippen MR) is 115 cm³/mol. The molecule has 2 rings (SSSR count). The van der Waals surface area contributed by atoms with Gasteiger partial charge in [0.2, 0.25) is 0 Å². The average molecular weight is 402 g/mol. The van der Waals surface area contributed by atoms with Crippen molar-refractivity contribution in [2.24, 2.45) is 0 Å². The molecule has 0 fully saturated rings. The number of ketones is 1. The number of hydrogen-bond donors (Lipinski definition) is 0. The van der Waals surface area contributed by atoms with Crippen molar-refractivity contribution in [2.75, 3.05) is 13.1 Å². The normalized spacial score (nSPS) is 11.2. The standard InChI is InChI=1S/C23H31NO3S/c1-23(2,3)27-22(26)24(17-15-19-11-6-4-7-12-19)16-9-5-8-13-20(25)21-14-10-18-28-21/h4,6-7,10-12,14,18H,5,8-9,13,15-17H2,1-3H3. The van der Waals surface area contributed by atoms with Gasteiger partial charge < -0.3 is 9.64 Å². The highest BCUT2D eigenvalue weighted by Gasteiger charge is 2.21. The maximum Gasteiger partial charge on any atom is 0.410 e. The Labute approximate surface area is 172 Å². The number of hydrogen-bond acceptors (Lipinski definition) is 4. The van der Waals surface area contributed by atoms with Crippen LogP contribution in [0.25, 0.3) is 0 Å². The van der Waals surface area contributed by atoms with Crippen molar-refractivity contribution in [2.45, 2.75) is 58.5 Å². The molecule has 1 aromatic heterocycles. The van der Waals surface area contributed by atoms with Crippen LogP contribution < -0.4 is 0 Å². The zero-order chi connectivity index (χ0) is 20.4. The van der Waals surface area contributed by atoms with Crippen molar-refractivity contribution >= 4 is 23.2 Å². The van der Waals surface area contributed by atoms with Gasteiger partial charge in [0.25, 0.3) is 0 Å². The second-order valence-electron chi connectivity index (χ2n) is 7.91. The lowest BCUT2D eigenvalue weighted by Gasteiger charge is -2.27. The summed E-state index contributed by atoms with van der Waals surface area (Å²) in [6.45, 7) is 6.94. The molecule has 1 aromatic carbocycles. The van der Waals surface area contributed by atoms with E-state index >= 15 is 0 Å². The molecule has 0 unspecified atom stereocenters. The van der Waals surface area contributed by atoms with Gasteiger partial charge in [-0.25, -0.2) is 4.79 Å². The lowest BCUT2D eigenvalue weighted by Crippen LogP contribution is -2.38. The van der Waals surface area contributed by atoms with Crippen molar-refractivity contribution in [3.05, 3.63) is 58.3 Å². The second kappa shape index (κ2) is 11.0. The Balaban J connectivity index is 1.79. The number of thiophene rings is 1. The fourth-order valence-electron chi connectivity index (χ4n) is 2.86. The summed E-state index contributed by atoms with van der Waals surface area (Å²) >= 11 is 1.49. The van der Waals surface area contributed by atoms with Crippen molar-refractivity contribution < 1.29 is 14.3 Å². The molecule has 1 amide bonds. The van der Waals surface area contributed by atoms with Crippen LogP contribution in [0.3, 0.4) is 0 Å². The zero-order valence-electron chi connectivity index (χ0n) is 17.1. The predicted octanol–water partition coefficient (Wildman–Crippen LogP) is 5.97. The Hall–Kier alpha value is -2.14. The van der Waals surface area contributed by atoms with Crippen LogP contribution in [0, 0.1) is 0 Å². The Morgan fingerprint density at radius 1 is 0.964 bits per heavy atom. The molecule has 28 heavy (non-hydrogen) atoms. The Morgan fingerprint density at radius 2 is 1.71 bits per heavy atom. The molecule has 0 saturated carbocycles. The highest BCUT2D eigenvalue weighted by molar-refractivity contribution is 7.12. The van der Waals surface area contributed by atoms with Gasteiger partial charge in [-0.05, 0) is 57.0 Å². The van der Waals surface area contributed by atoms with Gasteiger partial charge in [-0.3, -0.25) is 4.79 Å². The highest BCUT2D eigenvalue weighted by atomic mass is 32.1. The summed E-state index contributed by atoms with van der Waals surface area (Å²) in [5.74, 6) is 0.211. The first-order chi connectivity index (χ1) is 13.3. The molecule has 0 radical (unpaired) electrons. The first-order valence-electron chi connectivity index (χ1n) is 9.94. The zero-order valence-corrected chi connectivity index (χ0v) is 18.0. The van der Waals surface area contributed by atoms with Gasteiger partial charge in [-0.1, -0.05) is 42.8 Å². The van der Waals surface area contributed by atoms with E-state index in [-0.39, 0.29) is 11.9 Å². The van der Waals surface area contributed by atoms with E-state index in [1.165, 1.54) is 16.9 Å². The number of ether oxygens (including phenoxy) is 1.